The lowest BCUT2D eigenvalue weighted by Crippen LogP contribution is -2.33. The topological polar surface area (TPSA) is 95.9 Å². The summed E-state index contributed by atoms with van der Waals surface area (Å²) in [7, 11) is -4.42. The Morgan fingerprint density at radius 2 is 1.48 bits per heavy atom. The van der Waals surface area contributed by atoms with Crippen molar-refractivity contribution in [1.82, 2.24) is 0 Å². The average molecular weight is 611 g/mol. The Bertz CT molecular complexity index is 1900. The van der Waals surface area contributed by atoms with E-state index < -0.39 is 10.4 Å². The summed E-state index contributed by atoms with van der Waals surface area (Å²) < 4.78 is 46.6. The molecule has 0 saturated heterocycles. The maximum atomic E-state index is 9.45. The fourth-order valence-electron chi connectivity index (χ4n) is 5.08. The highest BCUT2D eigenvalue weighted by Crippen LogP contribution is 2.41. The second kappa shape index (κ2) is 13.7. The number of fused-ring (bicyclic) bond motifs is 2. The van der Waals surface area contributed by atoms with Gasteiger partial charge in [0.15, 0.2) is 5.75 Å². The monoisotopic (exact) mass is 610 g/mol. The van der Waals surface area contributed by atoms with Gasteiger partial charge in [0.1, 0.15) is 6.54 Å². The SMILES string of the molecule is CCN1C(=CC=Cc2oc3ccc(-c4ccccc4)cc3[n+]2CC)Oc2ccc(-c3ccccc3)cc21.CCOS(=O)(=O)[O-]. The molecule has 2 heterocycles. The quantitative estimate of drug-likeness (QED) is 0.103. The number of hydrogen-bond donors (Lipinski definition) is 0. The molecule has 9 heteroatoms. The zero-order valence-electron chi connectivity index (χ0n) is 24.8. The maximum absolute atomic E-state index is 9.45. The van der Waals surface area contributed by atoms with E-state index in [0.717, 1.165) is 47.4 Å². The first-order chi connectivity index (χ1) is 21.3. The summed E-state index contributed by atoms with van der Waals surface area (Å²) in [5.74, 6) is 2.50. The standard InChI is InChI=1S/C33H29N2O2.C2H6O4S/c1-3-34-28-22-26(24-12-7-5-8-13-24)18-20-30(28)36-32(34)16-11-17-33-35(4-2)29-23-27(19-21-31(29)37-33)25-14-9-6-10-15-25;1-2-6-7(3,4)5/h5-23H,3-4H2,1-2H3;2H2,1H3,(H,3,4,5)/q+1;/p-1. The van der Waals surface area contributed by atoms with E-state index in [2.05, 4.69) is 112 Å². The summed E-state index contributed by atoms with van der Waals surface area (Å²) in [5, 5.41) is 0. The first kappa shape index (κ1) is 30.7. The molecule has 0 amide bonds. The lowest BCUT2D eigenvalue weighted by atomic mass is 10.0. The van der Waals surface area contributed by atoms with Gasteiger partial charge in [0.05, 0.1) is 18.4 Å². The molecule has 8 nitrogen and oxygen atoms in total. The Labute approximate surface area is 258 Å². The third kappa shape index (κ3) is 7.08. The van der Waals surface area contributed by atoms with Gasteiger partial charge < -0.3 is 18.6 Å². The minimum absolute atomic E-state index is 0.0914. The molecule has 226 valence electrons. The minimum atomic E-state index is -4.42. The van der Waals surface area contributed by atoms with Crippen molar-refractivity contribution in [3.63, 3.8) is 0 Å². The van der Waals surface area contributed by atoms with Crippen LogP contribution in [0.5, 0.6) is 5.75 Å². The molecular formula is C35H34N2O6S. The number of aromatic nitrogens is 1. The predicted octanol–water partition coefficient (Wildman–Crippen LogP) is 7.33. The second-order valence-electron chi connectivity index (χ2n) is 9.81. The van der Waals surface area contributed by atoms with Crippen LogP contribution in [0.25, 0.3) is 39.4 Å². The molecular weight excluding hydrogens is 576 g/mol. The number of anilines is 1. The Hall–Kier alpha value is -4.70. The largest absolute Gasteiger partial charge is 0.726 e. The smallest absolute Gasteiger partial charge is 0.374 e. The van der Waals surface area contributed by atoms with Gasteiger partial charge in [-0.1, -0.05) is 72.8 Å². The number of rotatable bonds is 8. The molecule has 0 bridgehead atoms. The fourth-order valence-corrected chi connectivity index (χ4v) is 5.37. The Morgan fingerprint density at radius 3 is 2.05 bits per heavy atom. The molecule has 0 spiro atoms. The fraction of sp³-hybridized carbons (Fsp3) is 0.171. The number of allylic oxidation sites excluding steroid dienone is 2. The lowest BCUT2D eigenvalue weighted by molar-refractivity contribution is -0.674. The van der Waals surface area contributed by atoms with Crippen LogP contribution in [0.3, 0.4) is 0 Å². The van der Waals surface area contributed by atoms with Crippen molar-refractivity contribution < 1.29 is 30.9 Å². The molecule has 44 heavy (non-hydrogen) atoms. The van der Waals surface area contributed by atoms with Crippen LogP contribution in [0.2, 0.25) is 0 Å². The zero-order chi connectivity index (χ0) is 31.1. The summed E-state index contributed by atoms with van der Waals surface area (Å²) >= 11 is 0. The number of ether oxygens (including phenoxy) is 1. The van der Waals surface area contributed by atoms with Crippen LogP contribution >= 0.6 is 0 Å². The molecule has 0 radical (unpaired) electrons. The van der Waals surface area contributed by atoms with E-state index in [1.54, 1.807) is 0 Å². The molecule has 0 unspecified atom stereocenters. The zero-order valence-corrected chi connectivity index (χ0v) is 25.7. The van der Waals surface area contributed by atoms with Crippen LogP contribution in [0.4, 0.5) is 5.69 Å². The Morgan fingerprint density at radius 1 is 0.841 bits per heavy atom. The van der Waals surface area contributed by atoms with Crippen LogP contribution < -0.4 is 14.2 Å². The number of benzene rings is 4. The van der Waals surface area contributed by atoms with Crippen molar-refractivity contribution in [2.24, 2.45) is 0 Å². The highest BCUT2D eigenvalue weighted by Gasteiger charge is 2.25. The number of hydrogen-bond acceptors (Lipinski definition) is 7. The van der Waals surface area contributed by atoms with E-state index in [1.807, 2.05) is 30.4 Å². The maximum Gasteiger partial charge on any atom is 0.374 e. The van der Waals surface area contributed by atoms with Crippen molar-refractivity contribution in [2.45, 2.75) is 27.3 Å². The van der Waals surface area contributed by atoms with Gasteiger partial charge in [-0.3, -0.25) is 4.18 Å². The first-order valence-electron chi connectivity index (χ1n) is 14.5. The summed E-state index contributed by atoms with van der Waals surface area (Å²) in [5.41, 5.74) is 7.81. The van der Waals surface area contributed by atoms with Crippen molar-refractivity contribution in [1.29, 1.82) is 0 Å². The van der Waals surface area contributed by atoms with E-state index >= 15 is 0 Å². The minimum Gasteiger partial charge on any atom is -0.726 e. The number of aryl methyl sites for hydroxylation is 1. The highest BCUT2D eigenvalue weighted by atomic mass is 32.3. The van der Waals surface area contributed by atoms with Gasteiger partial charge >= 0.3 is 5.89 Å². The van der Waals surface area contributed by atoms with Crippen molar-refractivity contribution in [2.75, 3.05) is 18.1 Å². The van der Waals surface area contributed by atoms with Gasteiger partial charge in [-0.2, -0.15) is 4.57 Å². The van der Waals surface area contributed by atoms with Gasteiger partial charge in [0.2, 0.25) is 21.9 Å². The molecule has 4 aromatic carbocycles. The summed E-state index contributed by atoms with van der Waals surface area (Å²) in [6.07, 6.45) is 6.02. The number of nitrogens with zero attached hydrogens (tertiary/aromatic N) is 2. The normalized spacial score (nSPS) is 13.6. The molecule has 0 atom stereocenters. The van der Waals surface area contributed by atoms with Crippen LogP contribution in [0.1, 0.15) is 26.7 Å². The van der Waals surface area contributed by atoms with Crippen LogP contribution in [-0.4, -0.2) is 26.1 Å². The number of oxazole rings is 1. The summed E-state index contributed by atoms with van der Waals surface area (Å²) in [6, 6.07) is 33.6. The summed E-state index contributed by atoms with van der Waals surface area (Å²) in [4.78, 5) is 2.20. The van der Waals surface area contributed by atoms with E-state index in [9.17, 15) is 13.0 Å². The predicted molar refractivity (Wildman–Crippen MR) is 171 cm³/mol. The third-order valence-electron chi connectivity index (χ3n) is 7.05. The van der Waals surface area contributed by atoms with Crippen LogP contribution in [0, 0.1) is 0 Å². The van der Waals surface area contributed by atoms with Gasteiger partial charge in [-0.15, -0.1) is 0 Å². The average Bonchev–Trinajstić information content (AvgIpc) is 3.57. The van der Waals surface area contributed by atoms with E-state index in [0.29, 0.717) is 0 Å². The van der Waals surface area contributed by atoms with Crippen molar-refractivity contribution in [3.05, 3.63) is 121 Å². The third-order valence-corrected chi connectivity index (χ3v) is 7.57. The Balaban J connectivity index is 0.000000493. The van der Waals surface area contributed by atoms with Crippen molar-refractivity contribution >= 4 is 33.3 Å². The van der Waals surface area contributed by atoms with Crippen LogP contribution in [-0.2, 0) is 21.1 Å². The summed E-state index contributed by atoms with van der Waals surface area (Å²) in [6.45, 7) is 7.24. The lowest BCUT2D eigenvalue weighted by Gasteiger charge is -2.15. The van der Waals surface area contributed by atoms with E-state index in [-0.39, 0.29) is 6.61 Å². The molecule has 1 aliphatic rings. The molecule has 0 saturated carbocycles. The van der Waals surface area contributed by atoms with Gasteiger partial charge in [0, 0.05) is 12.6 Å². The molecule has 6 rings (SSSR count). The molecule has 0 N–H and O–H groups in total. The highest BCUT2D eigenvalue weighted by molar-refractivity contribution is 7.80. The molecule has 0 aliphatic carbocycles. The molecule has 1 aromatic heterocycles. The van der Waals surface area contributed by atoms with E-state index in [4.69, 9.17) is 9.15 Å². The van der Waals surface area contributed by atoms with Gasteiger partial charge in [0.25, 0.3) is 5.52 Å². The van der Waals surface area contributed by atoms with E-state index in [1.165, 1.54) is 29.2 Å². The second-order valence-corrected chi connectivity index (χ2v) is 10.9. The molecule has 5 aromatic rings. The van der Waals surface area contributed by atoms with Crippen molar-refractivity contribution in [3.8, 4) is 28.0 Å². The molecule has 1 aliphatic heterocycles. The van der Waals surface area contributed by atoms with Gasteiger partial charge in [-0.25, -0.2) is 8.42 Å². The van der Waals surface area contributed by atoms with Crippen LogP contribution in [0.15, 0.2) is 120 Å². The first-order valence-corrected chi connectivity index (χ1v) is 15.8. The van der Waals surface area contributed by atoms with Gasteiger partial charge in [-0.05, 0) is 73.4 Å². The Kier molecular flexibility index (Phi) is 9.59. The molecule has 0 fully saturated rings.